The van der Waals surface area contributed by atoms with Crippen LogP contribution in [0.3, 0.4) is 0 Å². The largest absolute Gasteiger partial charge is 0.416 e. The molecule has 0 unspecified atom stereocenters. The molecule has 2 rings (SSSR count). The van der Waals surface area contributed by atoms with Gasteiger partial charge in [-0.25, -0.2) is 0 Å². The molecule has 1 saturated heterocycles. The summed E-state index contributed by atoms with van der Waals surface area (Å²) in [4.78, 5) is 0. The van der Waals surface area contributed by atoms with Crippen molar-refractivity contribution < 1.29 is 17.9 Å². The molecule has 0 aliphatic carbocycles. The minimum atomic E-state index is -4.34. The van der Waals surface area contributed by atoms with Gasteiger partial charge < -0.3 is 10.5 Å². The summed E-state index contributed by atoms with van der Waals surface area (Å²) < 4.78 is 44.1. The first-order valence-corrected chi connectivity index (χ1v) is 6.89. The van der Waals surface area contributed by atoms with Gasteiger partial charge in [-0.15, -0.1) is 0 Å². The van der Waals surface area contributed by atoms with Gasteiger partial charge in [-0.05, 0) is 42.5 Å². The second-order valence-corrected chi connectivity index (χ2v) is 5.56. The first kappa shape index (κ1) is 14.8. The Balaban J connectivity index is 2.27. The Labute approximate surface area is 118 Å². The van der Waals surface area contributed by atoms with Gasteiger partial charge in [-0.3, -0.25) is 0 Å². The third kappa shape index (κ3) is 3.49. The predicted molar refractivity (Wildman–Crippen MR) is 69.6 cm³/mol. The zero-order valence-electron chi connectivity index (χ0n) is 10.2. The molecular weight excluding hydrogens is 323 g/mol. The van der Waals surface area contributed by atoms with E-state index < -0.39 is 17.8 Å². The standard InChI is InChI=1S/C13H15BrF3NO/c14-11-2-1-9(13(15,16)17)7-10(11)12(18)8-3-5-19-6-4-8/h1-2,7-8,12H,3-6,18H2/t12-/m0/s1. The van der Waals surface area contributed by atoms with E-state index >= 15 is 0 Å². The monoisotopic (exact) mass is 337 g/mol. The van der Waals surface area contributed by atoms with Gasteiger partial charge in [-0.1, -0.05) is 15.9 Å². The molecular formula is C13H15BrF3NO. The highest BCUT2D eigenvalue weighted by molar-refractivity contribution is 9.10. The molecule has 0 spiro atoms. The number of hydrogen-bond acceptors (Lipinski definition) is 2. The molecule has 0 amide bonds. The summed E-state index contributed by atoms with van der Waals surface area (Å²) in [6.07, 6.45) is -2.78. The lowest BCUT2D eigenvalue weighted by atomic mass is 9.87. The van der Waals surface area contributed by atoms with Gasteiger partial charge in [0.25, 0.3) is 0 Å². The van der Waals surface area contributed by atoms with Crippen LogP contribution in [0.4, 0.5) is 13.2 Å². The van der Waals surface area contributed by atoms with Crippen LogP contribution in [0.2, 0.25) is 0 Å². The Morgan fingerprint density at radius 1 is 1.26 bits per heavy atom. The quantitative estimate of drug-likeness (QED) is 0.888. The summed E-state index contributed by atoms with van der Waals surface area (Å²) in [5, 5.41) is 0. The smallest absolute Gasteiger partial charge is 0.381 e. The molecule has 1 fully saturated rings. The molecule has 2 nitrogen and oxygen atoms in total. The first-order chi connectivity index (χ1) is 8.89. The van der Waals surface area contributed by atoms with Crippen LogP contribution in [0, 0.1) is 5.92 Å². The highest BCUT2D eigenvalue weighted by Gasteiger charge is 2.32. The van der Waals surface area contributed by atoms with Crippen molar-refractivity contribution in [2.24, 2.45) is 11.7 Å². The van der Waals surface area contributed by atoms with Gasteiger partial charge in [0, 0.05) is 23.7 Å². The molecule has 106 valence electrons. The number of alkyl halides is 3. The zero-order valence-corrected chi connectivity index (χ0v) is 11.8. The molecule has 19 heavy (non-hydrogen) atoms. The number of hydrogen-bond donors (Lipinski definition) is 1. The average molecular weight is 338 g/mol. The van der Waals surface area contributed by atoms with Crippen molar-refractivity contribution in [1.29, 1.82) is 0 Å². The van der Waals surface area contributed by atoms with Crippen LogP contribution in [-0.2, 0) is 10.9 Å². The van der Waals surface area contributed by atoms with E-state index in [1.807, 2.05) is 0 Å². The fourth-order valence-corrected chi connectivity index (χ4v) is 2.82. The fourth-order valence-electron chi connectivity index (χ4n) is 2.30. The average Bonchev–Trinajstić information content (AvgIpc) is 2.38. The molecule has 1 aromatic rings. The van der Waals surface area contributed by atoms with Crippen LogP contribution in [0.25, 0.3) is 0 Å². The van der Waals surface area contributed by atoms with Crippen LogP contribution >= 0.6 is 15.9 Å². The SMILES string of the molecule is N[C@H](c1cc(C(F)(F)F)ccc1Br)C1CCOCC1. The summed E-state index contributed by atoms with van der Waals surface area (Å²) in [5.74, 6) is 0.161. The van der Waals surface area contributed by atoms with Gasteiger partial charge in [-0.2, -0.15) is 13.2 Å². The molecule has 1 atom stereocenters. The molecule has 1 aliphatic heterocycles. The van der Waals surface area contributed by atoms with Crippen LogP contribution in [0.5, 0.6) is 0 Å². The minimum Gasteiger partial charge on any atom is -0.381 e. The molecule has 1 heterocycles. The number of benzene rings is 1. The lowest BCUT2D eigenvalue weighted by Crippen LogP contribution is -2.28. The van der Waals surface area contributed by atoms with Crippen molar-refractivity contribution in [2.45, 2.75) is 25.1 Å². The fraction of sp³-hybridized carbons (Fsp3) is 0.538. The van der Waals surface area contributed by atoms with Gasteiger partial charge in [0.1, 0.15) is 0 Å². The maximum atomic E-state index is 12.7. The summed E-state index contributed by atoms with van der Waals surface area (Å²) in [6.45, 7) is 1.24. The Morgan fingerprint density at radius 3 is 2.47 bits per heavy atom. The molecule has 0 bridgehead atoms. The molecule has 1 aliphatic rings. The highest BCUT2D eigenvalue weighted by Crippen LogP contribution is 2.37. The minimum absolute atomic E-state index is 0.161. The molecule has 2 N–H and O–H groups in total. The van der Waals surface area contributed by atoms with E-state index in [9.17, 15) is 13.2 Å². The Kier molecular flexibility index (Phi) is 4.53. The highest BCUT2D eigenvalue weighted by atomic mass is 79.9. The molecule has 6 heteroatoms. The van der Waals surface area contributed by atoms with E-state index in [1.165, 1.54) is 6.07 Å². The number of halogens is 4. The van der Waals surface area contributed by atoms with Crippen LogP contribution in [-0.4, -0.2) is 13.2 Å². The van der Waals surface area contributed by atoms with E-state index in [0.29, 0.717) is 23.2 Å². The van der Waals surface area contributed by atoms with Crippen molar-refractivity contribution in [3.05, 3.63) is 33.8 Å². The Hall–Kier alpha value is -0.590. The van der Waals surface area contributed by atoms with Crippen molar-refractivity contribution >= 4 is 15.9 Å². The van der Waals surface area contributed by atoms with Crippen LogP contribution in [0.1, 0.15) is 30.0 Å². The van der Waals surface area contributed by atoms with Gasteiger partial charge in [0.05, 0.1) is 5.56 Å². The van der Waals surface area contributed by atoms with Crippen LogP contribution < -0.4 is 5.73 Å². The zero-order chi connectivity index (χ0) is 14.0. The van der Waals surface area contributed by atoms with E-state index in [0.717, 1.165) is 25.0 Å². The molecule has 0 aromatic heterocycles. The van der Waals surface area contributed by atoms with Crippen molar-refractivity contribution in [3.63, 3.8) is 0 Å². The van der Waals surface area contributed by atoms with E-state index in [-0.39, 0.29) is 5.92 Å². The summed E-state index contributed by atoms with van der Waals surface area (Å²) >= 11 is 3.29. The van der Waals surface area contributed by atoms with Gasteiger partial charge in [0.2, 0.25) is 0 Å². The van der Waals surface area contributed by atoms with E-state index in [4.69, 9.17) is 10.5 Å². The summed E-state index contributed by atoms with van der Waals surface area (Å²) in [6, 6.07) is 3.21. The van der Waals surface area contributed by atoms with Gasteiger partial charge >= 0.3 is 6.18 Å². The second kappa shape index (κ2) is 5.81. The van der Waals surface area contributed by atoms with E-state index in [1.54, 1.807) is 0 Å². The lowest BCUT2D eigenvalue weighted by molar-refractivity contribution is -0.137. The van der Waals surface area contributed by atoms with Crippen LogP contribution in [0.15, 0.2) is 22.7 Å². The third-order valence-electron chi connectivity index (χ3n) is 3.46. The first-order valence-electron chi connectivity index (χ1n) is 6.09. The third-order valence-corrected chi connectivity index (χ3v) is 4.18. The van der Waals surface area contributed by atoms with Crippen molar-refractivity contribution in [1.82, 2.24) is 0 Å². The Morgan fingerprint density at radius 2 is 1.89 bits per heavy atom. The Bertz CT molecular complexity index is 444. The molecule has 0 radical (unpaired) electrons. The summed E-state index contributed by atoms with van der Waals surface area (Å²) in [7, 11) is 0. The maximum Gasteiger partial charge on any atom is 0.416 e. The maximum absolute atomic E-state index is 12.7. The van der Waals surface area contributed by atoms with E-state index in [2.05, 4.69) is 15.9 Å². The van der Waals surface area contributed by atoms with Gasteiger partial charge in [0.15, 0.2) is 0 Å². The number of nitrogens with two attached hydrogens (primary N) is 1. The molecule has 0 saturated carbocycles. The summed E-state index contributed by atoms with van der Waals surface area (Å²) in [5.41, 5.74) is 5.99. The predicted octanol–water partition coefficient (Wildman–Crippen LogP) is 3.89. The topological polar surface area (TPSA) is 35.2 Å². The van der Waals surface area contributed by atoms with Crippen molar-refractivity contribution in [3.8, 4) is 0 Å². The van der Waals surface area contributed by atoms with Crippen molar-refractivity contribution in [2.75, 3.05) is 13.2 Å². The normalized spacial score (nSPS) is 19.4. The molecule has 1 aromatic carbocycles. The number of ether oxygens (including phenoxy) is 1. The second-order valence-electron chi connectivity index (χ2n) is 4.71. The lowest BCUT2D eigenvalue weighted by Gasteiger charge is -2.28. The number of rotatable bonds is 2.